The Morgan fingerprint density at radius 2 is 1.70 bits per heavy atom. The maximum atomic E-state index is 12.3. The number of ether oxygens (including phenoxy) is 1. The van der Waals surface area contributed by atoms with Crippen LogP contribution in [0.3, 0.4) is 0 Å². The average Bonchev–Trinajstić information content (AvgIpc) is 3.20. The second kappa shape index (κ2) is 6.81. The van der Waals surface area contributed by atoms with Crippen LogP contribution in [0.2, 0.25) is 0 Å². The molecule has 0 spiro atoms. The van der Waals surface area contributed by atoms with Crippen LogP contribution < -0.4 is 10.6 Å². The lowest BCUT2D eigenvalue weighted by atomic mass is 10.00. The van der Waals surface area contributed by atoms with Gasteiger partial charge in [-0.3, -0.25) is 10.1 Å². The number of nitrogens with one attached hydrogen (secondary N) is 2. The number of rotatable bonds is 4. The number of hydrogen-bond acceptors (Lipinski definition) is 4. The van der Waals surface area contributed by atoms with Crippen molar-refractivity contribution in [1.29, 1.82) is 0 Å². The number of imide groups is 1. The minimum absolute atomic E-state index is 0.151. The molecule has 1 fully saturated rings. The van der Waals surface area contributed by atoms with Crippen molar-refractivity contribution in [1.82, 2.24) is 10.6 Å². The van der Waals surface area contributed by atoms with Gasteiger partial charge in [-0.25, -0.2) is 9.59 Å². The highest BCUT2D eigenvalue weighted by Gasteiger charge is 2.26. The predicted molar refractivity (Wildman–Crippen MR) is 85.2 cm³/mol. The average molecular weight is 318 g/mol. The molecule has 1 atom stereocenters. The van der Waals surface area contributed by atoms with Crippen LogP contribution in [0.15, 0.2) is 12.1 Å². The Hall–Kier alpha value is -2.37. The lowest BCUT2D eigenvalue weighted by Crippen LogP contribution is -2.45. The minimum Gasteiger partial charge on any atom is -0.449 e. The molecule has 1 aromatic carbocycles. The van der Waals surface area contributed by atoms with Crippen LogP contribution in [0.4, 0.5) is 4.79 Å². The Labute approximate surface area is 135 Å². The Morgan fingerprint density at radius 1 is 1.13 bits per heavy atom. The monoisotopic (exact) mass is 318 g/mol. The SMILES string of the molecule is Cc1cc(C)c(C(=O)O[C@@H](C)C(=O)NC(=O)NC2CC2)c(C)c1. The fourth-order valence-electron chi connectivity index (χ4n) is 2.44. The highest BCUT2D eigenvalue weighted by atomic mass is 16.5. The molecule has 0 heterocycles. The molecule has 6 nitrogen and oxygen atoms in total. The quantitative estimate of drug-likeness (QED) is 0.833. The molecule has 0 unspecified atom stereocenters. The van der Waals surface area contributed by atoms with E-state index in [1.54, 1.807) is 0 Å². The van der Waals surface area contributed by atoms with Gasteiger partial charge in [0.15, 0.2) is 6.10 Å². The first kappa shape index (κ1) is 17.0. The Bertz CT molecular complexity index is 627. The number of carbonyl (C=O) groups is 3. The number of urea groups is 1. The standard InChI is InChI=1S/C17H22N2O4/c1-9-7-10(2)14(11(3)8-9)16(21)23-12(4)15(20)19-17(22)18-13-5-6-13/h7-8,12-13H,5-6H2,1-4H3,(H2,18,19,20,22)/t12-/m0/s1. The first-order chi connectivity index (χ1) is 10.8. The van der Waals surface area contributed by atoms with Crippen molar-refractivity contribution in [3.05, 3.63) is 34.4 Å². The normalized spacial score (nSPS) is 14.8. The van der Waals surface area contributed by atoms with Crippen LogP contribution in [-0.2, 0) is 9.53 Å². The lowest BCUT2D eigenvalue weighted by molar-refractivity contribution is -0.127. The fourth-order valence-corrected chi connectivity index (χ4v) is 2.44. The van der Waals surface area contributed by atoms with Gasteiger partial charge in [0.2, 0.25) is 0 Å². The van der Waals surface area contributed by atoms with E-state index in [0.717, 1.165) is 29.5 Å². The molecule has 2 N–H and O–H groups in total. The summed E-state index contributed by atoms with van der Waals surface area (Å²) in [5.41, 5.74) is 3.11. The number of amides is 3. The van der Waals surface area contributed by atoms with E-state index in [9.17, 15) is 14.4 Å². The van der Waals surface area contributed by atoms with E-state index in [1.165, 1.54) is 6.92 Å². The van der Waals surface area contributed by atoms with Gasteiger partial charge >= 0.3 is 12.0 Å². The Morgan fingerprint density at radius 3 is 2.22 bits per heavy atom. The van der Waals surface area contributed by atoms with Gasteiger partial charge in [0, 0.05) is 6.04 Å². The zero-order valence-corrected chi connectivity index (χ0v) is 13.9. The number of aryl methyl sites for hydroxylation is 3. The topological polar surface area (TPSA) is 84.5 Å². The van der Waals surface area contributed by atoms with Gasteiger partial charge in [0.1, 0.15) is 0 Å². The van der Waals surface area contributed by atoms with Crippen molar-refractivity contribution in [3.63, 3.8) is 0 Å². The molecule has 6 heteroatoms. The molecule has 1 aromatic rings. The van der Waals surface area contributed by atoms with Crippen LogP contribution in [0.5, 0.6) is 0 Å². The van der Waals surface area contributed by atoms with E-state index in [2.05, 4.69) is 10.6 Å². The van der Waals surface area contributed by atoms with E-state index in [1.807, 2.05) is 32.9 Å². The Kier molecular flexibility index (Phi) is 5.03. The van der Waals surface area contributed by atoms with Crippen molar-refractivity contribution in [3.8, 4) is 0 Å². The molecule has 0 aliphatic heterocycles. The van der Waals surface area contributed by atoms with Crippen LogP contribution in [0.25, 0.3) is 0 Å². The van der Waals surface area contributed by atoms with Crippen molar-refractivity contribution >= 4 is 17.9 Å². The fraction of sp³-hybridized carbons (Fsp3) is 0.471. The molecule has 0 aromatic heterocycles. The molecular weight excluding hydrogens is 296 g/mol. The smallest absolute Gasteiger partial charge is 0.339 e. The van der Waals surface area contributed by atoms with Crippen LogP contribution in [-0.4, -0.2) is 30.1 Å². The van der Waals surface area contributed by atoms with Crippen molar-refractivity contribution in [2.75, 3.05) is 0 Å². The van der Waals surface area contributed by atoms with Gasteiger partial charge in [-0.2, -0.15) is 0 Å². The van der Waals surface area contributed by atoms with Gasteiger partial charge in [-0.15, -0.1) is 0 Å². The summed E-state index contributed by atoms with van der Waals surface area (Å²) in [7, 11) is 0. The summed E-state index contributed by atoms with van der Waals surface area (Å²) in [6.07, 6.45) is 0.809. The number of hydrogen-bond donors (Lipinski definition) is 2. The molecule has 2 rings (SSSR count). The van der Waals surface area contributed by atoms with Crippen molar-refractivity contribution < 1.29 is 19.1 Å². The van der Waals surface area contributed by atoms with Gasteiger partial charge in [-0.1, -0.05) is 17.7 Å². The van der Waals surface area contributed by atoms with Crippen molar-refractivity contribution in [2.45, 2.75) is 52.7 Å². The molecular formula is C17H22N2O4. The minimum atomic E-state index is -1.05. The highest BCUT2D eigenvalue weighted by Crippen LogP contribution is 2.19. The molecule has 124 valence electrons. The summed E-state index contributed by atoms with van der Waals surface area (Å²) in [4.78, 5) is 35.7. The number of esters is 1. The molecule has 0 saturated heterocycles. The maximum Gasteiger partial charge on any atom is 0.339 e. The summed E-state index contributed by atoms with van der Waals surface area (Å²) >= 11 is 0. The lowest BCUT2D eigenvalue weighted by Gasteiger charge is -2.15. The maximum absolute atomic E-state index is 12.3. The van der Waals surface area contributed by atoms with E-state index in [4.69, 9.17) is 4.74 Å². The zero-order valence-electron chi connectivity index (χ0n) is 13.9. The zero-order chi connectivity index (χ0) is 17.1. The molecule has 1 aliphatic carbocycles. The van der Waals surface area contributed by atoms with Gasteiger partial charge in [0.05, 0.1) is 5.56 Å². The van der Waals surface area contributed by atoms with Gasteiger partial charge in [0.25, 0.3) is 5.91 Å². The van der Waals surface area contributed by atoms with E-state index < -0.39 is 24.0 Å². The third kappa shape index (κ3) is 4.55. The van der Waals surface area contributed by atoms with Crippen LogP contribution >= 0.6 is 0 Å². The first-order valence-electron chi connectivity index (χ1n) is 7.68. The van der Waals surface area contributed by atoms with E-state index in [-0.39, 0.29) is 6.04 Å². The molecule has 1 saturated carbocycles. The van der Waals surface area contributed by atoms with Crippen molar-refractivity contribution in [2.24, 2.45) is 0 Å². The van der Waals surface area contributed by atoms with E-state index in [0.29, 0.717) is 5.56 Å². The summed E-state index contributed by atoms with van der Waals surface area (Å²) < 4.78 is 5.19. The summed E-state index contributed by atoms with van der Waals surface area (Å²) in [5, 5.41) is 4.82. The number of benzene rings is 1. The van der Waals surface area contributed by atoms with Gasteiger partial charge in [-0.05, 0) is 51.7 Å². The molecule has 3 amide bonds. The van der Waals surface area contributed by atoms with Crippen LogP contribution in [0, 0.1) is 20.8 Å². The van der Waals surface area contributed by atoms with Gasteiger partial charge < -0.3 is 10.1 Å². The second-order valence-corrected chi connectivity index (χ2v) is 6.06. The van der Waals surface area contributed by atoms with Crippen LogP contribution in [0.1, 0.15) is 46.8 Å². The third-order valence-electron chi connectivity index (χ3n) is 3.68. The largest absolute Gasteiger partial charge is 0.449 e. The summed E-state index contributed by atoms with van der Waals surface area (Å²) in [6.45, 7) is 7.04. The third-order valence-corrected chi connectivity index (χ3v) is 3.68. The number of carbonyl (C=O) groups excluding carboxylic acids is 3. The second-order valence-electron chi connectivity index (χ2n) is 6.06. The summed E-state index contributed by atoms with van der Waals surface area (Å²) in [5.74, 6) is -1.20. The highest BCUT2D eigenvalue weighted by molar-refractivity contribution is 5.99. The molecule has 0 radical (unpaired) electrons. The molecule has 23 heavy (non-hydrogen) atoms. The molecule has 1 aliphatic rings. The Balaban J connectivity index is 1.96. The first-order valence-corrected chi connectivity index (χ1v) is 7.68. The van der Waals surface area contributed by atoms with E-state index >= 15 is 0 Å². The predicted octanol–water partition coefficient (Wildman–Crippen LogP) is 2.15. The molecule has 0 bridgehead atoms. The summed E-state index contributed by atoms with van der Waals surface area (Å²) in [6, 6.07) is 3.37.